The van der Waals surface area contributed by atoms with Crippen molar-refractivity contribution in [1.82, 2.24) is 19.8 Å². The number of carbonyl (C=O) groups excluding carboxylic acids is 1. The monoisotopic (exact) mass is 318 g/mol. The molecule has 0 spiro atoms. The van der Waals surface area contributed by atoms with Crippen LogP contribution >= 0.6 is 11.3 Å². The summed E-state index contributed by atoms with van der Waals surface area (Å²) >= 11 is 1.71. The maximum atomic E-state index is 12.6. The van der Waals surface area contributed by atoms with Crippen molar-refractivity contribution in [2.75, 3.05) is 6.54 Å². The van der Waals surface area contributed by atoms with E-state index in [0.29, 0.717) is 0 Å². The normalized spacial score (nSPS) is 18.5. The van der Waals surface area contributed by atoms with E-state index in [9.17, 15) is 4.79 Å². The standard InChI is InChI=1S/C16H22N4OS/c1-11(2)18-16(21)13-7-20(6-12-4-5-22-9-12)8-14-15(13)19(3)10-17-14/h4-5,9-11,13H,6-8H2,1-3H3,(H,18,21). The third kappa shape index (κ3) is 3.08. The van der Waals surface area contributed by atoms with Crippen LogP contribution in [0, 0.1) is 0 Å². The largest absolute Gasteiger partial charge is 0.353 e. The average Bonchev–Trinajstić information content (AvgIpc) is 3.08. The molecule has 1 aliphatic heterocycles. The van der Waals surface area contributed by atoms with Gasteiger partial charge in [-0.3, -0.25) is 9.69 Å². The van der Waals surface area contributed by atoms with Gasteiger partial charge in [-0.25, -0.2) is 4.98 Å². The van der Waals surface area contributed by atoms with Gasteiger partial charge >= 0.3 is 0 Å². The SMILES string of the molecule is CC(C)NC(=O)C1CN(Cc2ccsc2)Cc2ncn(C)c21. The van der Waals surface area contributed by atoms with Crippen molar-refractivity contribution < 1.29 is 4.79 Å². The van der Waals surface area contributed by atoms with Crippen molar-refractivity contribution in [2.45, 2.75) is 38.9 Å². The summed E-state index contributed by atoms with van der Waals surface area (Å²) in [5.41, 5.74) is 3.38. The Morgan fingerprint density at radius 2 is 2.36 bits per heavy atom. The van der Waals surface area contributed by atoms with Crippen LogP contribution in [-0.4, -0.2) is 32.9 Å². The number of nitrogens with zero attached hydrogens (tertiary/aromatic N) is 3. The van der Waals surface area contributed by atoms with Gasteiger partial charge in [-0.1, -0.05) is 0 Å². The van der Waals surface area contributed by atoms with Crippen LogP contribution in [0.5, 0.6) is 0 Å². The molecule has 1 unspecified atom stereocenters. The molecule has 1 N–H and O–H groups in total. The van der Waals surface area contributed by atoms with E-state index in [1.54, 1.807) is 11.3 Å². The molecule has 0 bridgehead atoms. The van der Waals surface area contributed by atoms with E-state index < -0.39 is 0 Å². The first-order valence-electron chi connectivity index (χ1n) is 7.58. The number of nitrogens with one attached hydrogen (secondary N) is 1. The first kappa shape index (κ1) is 15.2. The van der Waals surface area contributed by atoms with Gasteiger partial charge in [-0.15, -0.1) is 0 Å². The molecule has 5 nitrogen and oxygen atoms in total. The van der Waals surface area contributed by atoms with Crippen LogP contribution in [0.3, 0.4) is 0 Å². The minimum absolute atomic E-state index is 0.0925. The fourth-order valence-corrected chi connectivity index (χ4v) is 3.69. The summed E-state index contributed by atoms with van der Waals surface area (Å²) in [6.45, 7) is 6.39. The first-order chi connectivity index (χ1) is 10.5. The molecule has 0 saturated heterocycles. The van der Waals surface area contributed by atoms with Crippen molar-refractivity contribution in [1.29, 1.82) is 0 Å². The number of aryl methyl sites for hydroxylation is 1. The highest BCUT2D eigenvalue weighted by Crippen LogP contribution is 2.28. The molecule has 0 aromatic carbocycles. The van der Waals surface area contributed by atoms with Crippen LogP contribution in [0.4, 0.5) is 0 Å². The molecule has 6 heteroatoms. The van der Waals surface area contributed by atoms with E-state index in [0.717, 1.165) is 31.0 Å². The molecule has 0 fully saturated rings. The van der Waals surface area contributed by atoms with Gasteiger partial charge in [0.05, 0.1) is 23.6 Å². The van der Waals surface area contributed by atoms with Gasteiger partial charge in [0.1, 0.15) is 0 Å². The van der Waals surface area contributed by atoms with Crippen LogP contribution < -0.4 is 5.32 Å². The highest BCUT2D eigenvalue weighted by Gasteiger charge is 2.33. The Morgan fingerprint density at radius 1 is 1.55 bits per heavy atom. The summed E-state index contributed by atoms with van der Waals surface area (Å²) in [7, 11) is 1.97. The Kier molecular flexibility index (Phi) is 4.31. The van der Waals surface area contributed by atoms with E-state index in [2.05, 4.69) is 32.0 Å². The average molecular weight is 318 g/mol. The fraction of sp³-hybridized carbons (Fsp3) is 0.500. The van der Waals surface area contributed by atoms with E-state index in [1.807, 2.05) is 31.8 Å². The zero-order valence-corrected chi connectivity index (χ0v) is 14.1. The minimum atomic E-state index is -0.155. The van der Waals surface area contributed by atoms with Gasteiger partial charge in [0, 0.05) is 32.7 Å². The maximum Gasteiger partial charge on any atom is 0.230 e. The van der Waals surface area contributed by atoms with Gasteiger partial charge in [0.2, 0.25) is 5.91 Å². The molecule has 118 valence electrons. The van der Waals surface area contributed by atoms with Gasteiger partial charge in [0.15, 0.2) is 0 Å². The van der Waals surface area contributed by atoms with Crippen molar-refractivity contribution >= 4 is 17.2 Å². The van der Waals surface area contributed by atoms with Crippen LogP contribution in [0.1, 0.15) is 36.7 Å². The fourth-order valence-electron chi connectivity index (χ4n) is 3.03. The molecule has 3 rings (SSSR count). The predicted octanol–water partition coefficient (Wildman–Crippen LogP) is 2.11. The van der Waals surface area contributed by atoms with E-state index in [1.165, 1.54) is 5.56 Å². The summed E-state index contributed by atoms with van der Waals surface area (Å²) < 4.78 is 1.99. The number of thiophene rings is 1. The number of fused-ring (bicyclic) bond motifs is 1. The molecular formula is C16H22N4OS. The van der Waals surface area contributed by atoms with Crippen molar-refractivity contribution in [3.63, 3.8) is 0 Å². The lowest BCUT2D eigenvalue weighted by Crippen LogP contribution is -2.43. The van der Waals surface area contributed by atoms with E-state index in [-0.39, 0.29) is 17.9 Å². The molecular weight excluding hydrogens is 296 g/mol. The highest BCUT2D eigenvalue weighted by molar-refractivity contribution is 7.07. The second-order valence-electron chi connectivity index (χ2n) is 6.20. The summed E-state index contributed by atoms with van der Waals surface area (Å²) in [6.07, 6.45) is 1.81. The second-order valence-corrected chi connectivity index (χ2v) is 6.98. The van der Waals surface area contributed by atoms with Crippen LogP contribution in [0.25, 0.3) is 0 Å². The molecule has 3 heterocycles. The predicted molar refractivity (Wildman–Crippen MR) is 87.7 cm³/mol. The molecule has 0 aliphatic carbocycles. The summed E-state index contributed by atoms with van der Waals surface area (Å²) in [4.78, 5) is 19.4. The lowest BCUT2D eigenvalue weighted by Gasteiger charge is -2.32. The number of imidazole rings is 1. The molecule has 2 aromatic rings. The van der Waals surface area contributed by atoms with Gasteiger partial charge < -0.3 is 9.88 Å². The Labute approximate surface area is 135 Å². The number of hydrogen-bond acceptors (Lipinski definition) is 4. The lowest BCUT2D eigenvalue weighted by atomic mass is 9.96. The first-order valence-corrected chi connectivity index (χ1v) is 8.52. The Balaban J connectivity index is 1.83. The smallest absolute Gasteiger partial charge is 0.230 e. The van der Waals surface area contributed by atoms with E-state index >= 15 is 0 Å². The summed E-state index contributed by atoms with van der Waals surface area (Å²) in [6, 6.07) is 2.29. The molecule has 22 heavy (non-hydrogen) atoms. The third-order valence-electron chi connectivity index (χ3n) is 3.94. The van der Waals surface area contributed by atoms with Crippen LogP contribution in [-0.2, 0) is 24.9 Å². The summed E-state index contributed by atoms with van der Waals surface area (Å²) in [5.74, 6) is -0.0628. The Hall–Kier alpha value is -1.66. The highest BCUT2D eigenvalue weighted by atomic mass is 32.1. The van der Waals surface area contributed by atoms with Gasteiger partial charge in [-0.2, -0.15) is 11.3 Å². The molecule has 0 saturated carbocycles. The van der Waals surface area contributed by atoms with Crippen molar-refractivity contribution in [3.8, 4) is 0 Å². The van der Waals surface area contributed by atoms with Crippen LogP contribution in [0.15, 0.2) is 23.2 Å². The van der Waals surface area contributed by atoms with Gasteiger partial charge in [0.25, 0.3) is 0 Å². The lowest BCUT2D eigenvalue weighted by molar-refractivity contribution is -0.124. The number of hydrogen-bond donors (Lipinski definition) is 1. The second kappa shape index (κ2) is 6.22. The molecule has 1 amide bonds. The molecule has 1 aliphatic rings. The zero-order valence-electron chi connectivity index (χ0n) is 13.2. The van der Waals surface area contributed by atoms with E-state index in [4.69, 9.17) is 0 Å². The molecule has 0 radical (unpaired) electrons. The third-order valence-corrected chi connectivity index (χ3v) is 4.67. The maximum absolute atomic E-state index is 12.6. The van der Waals surface area contributed by atoms with Crippen molar-refractivity contribution in [3.05, 3.63) is 40.1 Å². The molecule has 2 aromatic heterocycles. The molecule has 1 atom stereocenters. The Bertz CT molecular complexity index is 647. The number of rotatable bonds is 4. The van der Waals surface area contributed by atoms with Crippen molar-refractivity contribution in [2.24, 2.45) is 7.05 Å². The number of amides is 1. The topological polar surface area (TPSA) is 50.2 Å². The minimum Gasteiger partial charge on any atom is -0.353 e. The number of carbonyl (C=O) groups is 1. The summed E-state index contributed by atoms with van der Waals surface area (Å²) in [5, 5.41) is 7.30. The quantitative estimate of drug-likeness (QED) is 0.939. The number of aromatic nitrogens is 2. The Morgan fingerprint density at radius 3 is 3.05 bits per heavy atom. The van der Waals surface area contributed by atoms with Crippen LogP contribution in [0.2, 0.25) is 0 Å². The zero-order chi connectivity index (χ0) is 15.7. The van der Waals surface area contributed by atoms with Gasteiger partial charge in [-0.05, 0) is 36.2 Å².